The van der Waals surface area contributed by atoms with E-state index in [-0.39, 0.29) is 34.4 Å². The monoisotopic (exact) mass is 617 g/mol. The Morgan fingerprint density at radius 3 is 1.72 bits per heavy atom. The van der Waals surface area contributed by atoms with E-state index < -0.39 is 10.0 Å². The molecule has 0 saturated carbocycles. The van der Waals surface area contributed by atoms with Crippen molar-refractivity contribution >= 4 is 31.9 Å². The summed E-state index contributed by atoms with van der Waals surface area (Å²) >= 11 is 3.33. The van der Waals surface area contributed by atoms with Crippen molar-refractivity contribution in [1.29, 1.82) is 0 Å². The van der Waals surface area contributed by atoms with Crippen LogP contribution in [-0.2, 0) is 14.8 Å². The first-order valence-corrected chi connectivity index (χ1v) is 15.2. The van der Waals surface area contributed by atoms with E-state index in [1.54, 1.807) is 48.5 Å². The molecule has 206 valence electrons. The third-order valence-electron chi connectivity index (χ3n) is 7.62. The second-order valence-corrected chi connectivity index (χ2v) is 12.9. The lowest BCUT2D eigenvalue weighted by Crippen LogP contribution is -2.52. The van der Waals surface area contributed by atoms with Crippen LogP contribution in [0.3, 0.4) is 0 Å². The number of piperidine rings is 1. The number of hydrogen-bond acceptors (Lipinski definition) is 4. The Bertz CT molecular complexity index is 1340. The second-order valence-electron chi connectivity index (χ2n) is 10.00. The van der Waals surface area contributed by atoms with Crippen LogP contribution in [0.1, 0.15) is 30.0 Å². The number of nitrogens with zero attached hydrogens (tertiary/aromatic N) is 3. The third kappa shape index (κ3) is 6.24. The Morgan fingerprint density at radius 2 is 1.23 bits per heavy atom. The maximum absolute atomic E-state index is 13.6. The van der Waals surface area contributed by atoms with Gasteiger partial charge in [-0.1, -0.05) is 40.2 Å². The first-order valence-electron chi connectivity index (χ1n) is 13.0. The lowest BCUT2D eigenvalue weighted by molar-refractivity contribution is -0.138. The van der Waals surface area contributed by atoms with Gasteiger partial charge in [0.25, 0.3) is 0 Å². The van der Waals surface area contributed by atoms with Crippen LogP contribution < -0.4 is 0 Å². The zero-order valence-corrected chi connectivity index (χ0v) is 23.8. The zero-order valence-electron chi connectivity index (χ0n) is 21.3. The third-order valence-corrected chi connectivity index (χ3v) is 10.1. The van der Waals surface area contributed by atoms with Crippen LogP contribution in [0.4, 0.5) is 8.78 Å². The lowest BCUT2D eigenvalue weighted by Gasteiger charge is -2.41. The largest absolute Gasteiger partial charge is 0.340 e. The summed E-state index contributed by atoms with van der Waals surface area (Å²) in [6.45, 7) is 2.92. The van der Waals surface area contributed by atoms with Gasteiger partial charge in [-0.15, -0.1) is 0 Å². The molecular weight excluding hydrogens is 588 g/mol. The molecule has 0 unspecified atom stereocenters. The number of hydrogen-bond donors (Lipinski definition) is 0. The highest BCUT2D eigenvalue weighted by Crippen LogP contribution is 2.31. The van der Waals surface area contributed by atoms with Gasteiger partial charge in [0.15, 0.2) is 0 Å². The van der Waals surface area contributed by atoms with Crippen LogP contribution >= 0.6 is 15.9 Å². The highest BCUT2D eigenvalue weighted by atomic mass is 79.9. The summed E-state index contributed by atoms with van der Waals surface area (Å²) in [5, 5.41) is 0. The Labute approximate surface area is 236 Å². The molecule has 1 amide bonds. The molecule has 0 spiro atoms. The molecular formula is C29H30BrF2N3O3S. The first-order chi connectivity index (χ1) is 18.7. The molecule has 2 saturated heterocycles. The standard InChI is InChI=1S/C29H30BrF2N3O3S/c30-24-5-11-27(12-6-24)39(37,38)35-15-13-23(14-16-35)29(36)34-19-17-33(18-20-34)28(21-1-7-25(31)8-2-21)22-3-9-26(32)10-4-22/h1-12,23,28H,13-20H2. The number of benzene rings is 3. The minimum atomic E-state index is -3.59. The molecule has 2 fully saturated rings. The fraction of sp³-hybridized carbons (Fsp3) is 0.345. The van der Waals surface area contributed by atoms with Crippen molar-refractivity contribution in [3.8, 4) is 0 Å². The van der Waals surface area contributed by atoms with Crippen molar-refractivity contribution in [3.05, 3.63) is 100 Å². The van der Waals surface area contributed by atoms with Crippen LogP contribution in [0, 0.1) is 17.6 Å². The van der Waals surface area contributed by atoms with Gasteiger partial charge in [0.2, 0.25) is 15.9 Å². The minimum absolute atomic E-state index is 0.0652. The Balaban J connectivity index is 1.21. The maximum atomic E-state index is 13.6. The lowest BCUT2D eigenvalue weighted by atomic mass is 9.95. The molecule has 6 nitrogen and oxygen atoms in total. The molecule has 0 bridgehead atoms. The molecule has 2 heterocycles. The molecule has 10 heteroatoms. The van der Waals surface area contributed by atoms with Crippen LogP contribution in [0.5, 0.6) is 0 Å². The van der Waals surface area contributed by atoms with E-state index in [9.17, 15) is 22.0 Å². The first kappa shape index (κ1) is 27.9. The van der Waals surface area contributed by atoms with Crippen molar-refractivity contribution in [2.24, 2.45) is 5.92 Å². The van der Waals surface area contributed by atoms with Gasteiger partial charge in [0.1, 0.15) is 11.6 Å². The normalized spacial score (nSPS) is 18.0. The Kier molecular flexibility index (Phi) is 8.46. The van der Waals surface area contributed by atoms with Crippen LogP contribution in [0.25, 0.3) is 0 Å². The molecule has 0 N–H and O–H groups in total. The van der Waals surface area contributed by atoms with Gasteiger partial charge >= 0.3 is 0 Å². The molecule has 2 aliphatic heterocycles. The molecule has 0 radical (unpaired) electrons. The average Bonchev–Trinajstić information content (AvgIpc) is 2.95. The van der Waals surface area contributed by atoms with E-state index in [0.717, 1.165) is 15.6 Å². The van der Waals surface area contributed by atoms with Gasteiger partial charge in [0, 0.05) is 49.7 Å². The zero-order chi connectivity index (χ0) is 27.6. The van der Waals surface area contributed by atoms with E-state index in [2.05, 4.69) is 20.8 Å². The van der Waals surface area contributed by atoms with E-state index >= 15 is 0 Å². The van der Waals surface area contributed by atoms with Crippen molar-refractivity contribution in [3.63, 3.8) is 0 Å². The predicted molar refractivity (Wildman–Crippen MR) is 148 cm³/mol. The maximum Gasteiger partial charge on any atom is 0.243 e. The van der Waals surface area contributed by atoms with Gasteiger partial charge in [-0.2, -0.15) is 4.31 Å². The Hall–Kier alpha value is -2.66. The van der Waals surface area contributed by atoms with Crippen LogP contribution in [0.2, 0.25) is 0 Å². The SMILES string of the molecule is O=C(C1CCN(S(=O)(=O)c2ccc(Br)cc2)CC1)N1CCN(C(c2ccc(F)cc2)c2ccc(F)cc2)CC1. The molecule has 2 aliphatic rings. The number of halogens is 3. The number of rotatable bonds is 6. The van der Waals surface area contributed by atoms with E-state index in [4.69, 9.17) is 0 Å². The Morgan fingerprint density at radius 1 is 0.744 bits per heavy atom. The smallest absolute Gasteiger partial charge is 0.243 e. The summed E-state index contributed by atoms with van der Waals surface area (Å²) in [7, 11) is -3.59. The average molecular weight is 619 g/mol. The van der Waals surface area contributed by atoms with Crippen LogP contribution in [0.15, 0.2) is 82.2 Å². The number of carbonyl (C=O) groups excluding carboxylic acids is 1. The molecule has 3 aromatic carbocycles. The van der Waals surface area contributed by atoms with E-state index in [1.165, 1.54) is 28.6 Å². The number of sulfonamides is 1. The summed E-state index contributed by atoms with van der Waals surface area (Å²) in [6, 6.07) is 19.1. The second kappa shape index (κ2) is 11.8. The van der Waals surface area contributed by atoms with Crippen molar-refractivity contribution < 1.29 is 22.0 Å². The molecule has 3 aromatic rings. The highest BCUT2D eigenvalue weighted by Gasteiger charge is 2.35. The topological polar surface area (TPSA) is 60.9 Å². The fourth-order valence-corrected chi connectivity index (χ4v) is 7.20. The van der Waals surface area contributed by atoms with Crippen molar-refractivity contribution in [2.45, 2.75) is 23.8 Å². The molecule has 5 rings (SSSR count). The summed E-state index contributed by atoms with van der Waals surface area (Å²) in [5.74, 6) is -0.779. The van der Waals surface area contributed by atoms with Gasteiger partial charge in [-0.25, -0.2) is 17.2 Å². The fourth-order valence-electron chi connectivity index (χ4n) is 5.46. The molecule has 0 atom stereocenters. The van der Waals surface area contributed by atoms with Gasteiger partial charge < -0.3 is 4.90 Å². The van der Waals surface area contributed by atoms with E-state index in [1.807, 2.05) is 4.90 Å². The quantitative estimate of drug-likeness (QED) is 0.388. The van der Waals surface area contributed by atoms with Crippen molar-refractivity contribution in [1.82, 2.24) is 14.1 Å². The van der Waals surface area contributed by atoms with Gasteiger partial charge in [-0.05, 0) is 72.5 Å². The summed E-state index contributed by atoms with van der Waals surface area (Å²) in [6.07, 6.45) is 0.977. The summed E-state index contributed by atoms with van der Waals surface area (Å²) in [5.41, 5.74) is 1.81. The predicted octanol–water partition coefficient (Wildman–Crippen LogP) is 5.06. The molecule has 0 aromatic heterocycles. The number of carbonyl (C=O) groups is 1. The minimum Gasteiger partial charge on any atom is -0.340 e. The van der Waals surface area contributed by atoms with Gasteiger partial charge in [-0.3, -0.25) is 9.69 Å². The summed E-state index contributed by atoms with van der Waals surface area (Å²) in [4.78, 5) is 17.7. The van der Waals surface area contributed by atoms with Gasteiger partial charge in [0.05, 0.1) is 10.9 Å². The summed E-state index contributed by atoms with van der Waals surface area (Å²) < 4.78 is 55.5. The highest BCUT2D eigenvalue weighted by molar-refractivity contribution is 9.10. The van der Waals surface area contributed by atoms with Crippen LogP contribution in [-0.4, -0.2) is 67.7 Å². The van der Waals surface area contributed by atoms with Crippen molar-refractivity contribution in [2.75, 3.05) is 39.3 Å². The molecule has 0 aliphatic carbocycles. The molecule has 39 heavy (non-hydrogen) atoms. The number of piperazine rings is 1. The number of amides is 1. The van der Waals surface area contributed by atoms with E-state index in [0.29, 0.717) is 52.1 Å².